The van der Waals surface area contributed by atoms with Gasteiger partial charge in [-0.2, -0.15) is 0 Å². The molecule has 0 radical (unpaired) electrons. The van der Waals surface area contributed by atoms with Crippen LogP contribution in [0.3, 0.4) is 0 Å². The minimum atomic E-state index is -2.14. The van der Waals surface area contributed by atoms with Crippen molar-refractivity contribution in [3.63, 3.8) is 0 Å². The summed E-state index contributed by atoms with van der Waals surface area (Å²) in [6.45, 7) is 3.03. The van der Waals surface area contributed by atoms with Gasteiger partial charge in [0.05, 0.1) is 44.0 Å². The predicted octanol–water partition coefficient (Wildman–Crippen LogP) is 3.14. The number of rotatable bonds is 11. The zero-order valence-corrected chi connectivity index (χ0v) is 34.1. The van der Waals surface area contributed by atoms with Gasteiger partial charge in [-0.3, -0.25) is 19.3 Å². The quantitative estimate of drug-likeness (QED) is 0.109. The van der Waals surface area contributed by atoms with Gasteiger partial charge in [-0.1, -0.05) is 98.5 Å². The van der Waals surface area contributed by atoms with Crippen LogP contribution in [0, 0.1) is 23.7 Å². The summed E-state index contributed by atoms with van der Waals surface area (Å²) in [7, 11) is 1.18. The maximum Gasteiger partial charge on any atom is 0.329 e. The Balaban J connectivity index is 1.54. The fourth-order valence-corrected chi connectivity index (χ4v) is 9.03. The number of primary amides is 2. The largest absolute Gasteiger partial charge is 0.491 e. The van der Waals surface area contributed by atoms with Crippen molar-refractivity contribution in [2.24, 2.45) is 23.3 Å². The van der Waals surface area contributed by atoms with Gasteiger partial charge in [-0.05, 0) is 58.5 Å². The number of esters is 2. The van der Waals surface area contributed by atoms with Gasteiger partial charge in [0.1, 0.15) is 36.0 Å². The number of hydrogen-bond acceptors (Lipinski definition) is 11. The summed E-state index contributed by atoms with van der Waals surface area (Å²) in [5.74, 6) is 0.519. The van der Waals surface area contributed by atoms with Gasteiger partial charge in [-0.25, -0.2) is 19.3 Å². The predicted molar refractivity (Wildman–Crippen MR) is 224 cm³/mol. The van der Waals surface area contributed by atoms with E-state index in [1.165, 1.54) is 13.2 Å². The Hall–Kier alpha value is -7.22. The maximum absolute atomic E-state index is 16.0. The van der Waals surface area contributed by atoms with Crippen LogP contribution in [0.15, 0.2) is 103 Å². The highest BCUT2D eigenvalue weighted by Crippen LogP contribution is 2.65. The van der Waals surface area contributed by atoms with Crippen LogP contribution in [-0.2, 0) is 34.1 Å². The van der Waals surface area contributed by atoms with E-state index in [1.54, 1.807) is 55.1 Å². The van der Waals surface area contributed by atoms with Gasteiger partial charge in [0.25, 0.3) is 0 Å². The van der Waals surface area contributed by atoms with E-state index >= 15 is 4.79 Å². The third-order valence-corrected chi connectivity index (χ3v) is 11.5. The number of methoxy groups -OCH3 is 1. The molecular formula is C46H46N6O10. The van der Waals surface area contributed by atoms with E-state index in [1.807, 2.05) is 60.7 Å². The van der Waals surface area contributed by atoms with Crippen LogP contribution in [0.5, 0.6) is 5.75 Å². The third kappa shape index (κ3) is 7.56. The number of nitrogens with one attached hydrogen (secondary N) is 2. The van der Waals surface area contributed by atoms with Crippen molar-refractivity contribution in [1.82, 2.24) is 15.5 Å². The number of benzene rings is 4. The summed E-state index contributed by atoms with van der Waals surface area (Å²) in [4.78, 5) is 87.0. The van der Waals surface area contributed by atoms with Gasteiger partial charge in [0.2, 0.25) is 11.8 Å². The van der Waals surface area contributed by atoms with Crippen LogP contribution in [0.2, 0.25) is 0 Å². The number of aliphatic hydroxyl groups is 1. The lowest BCUT2D eigenvalue weighted by Gasteiger charge is -2.46. The lowest BCUT2D eigenvalue weighted by Crippen LogP contribution is -2.57. The standard InChI is InChI=1S/C46H46N6O10/c1-26(2)35(41(55)60-3)50-45(59)51-33-21-16-27(11-10-22-49-44(48)58)25-32(33)46(43(51)57)34(40(47)54)37-42(56)62-38(29-14-8-5-9-15-29)36(28-12-6-4-7-13-28)52(37)39(46)30-17-19-31(20-18-30)61-24-23-53/h4-9,12-21,25-26,34-39,53H,22-24H2,1-3H3,(H2,47,54)(H,50,59)(H3,48,49,58)/t34-,35-,36-,37-,38+,39+,46-/m0/s1. The van der Waals surface area contributed by atoms with Gasteiger partial charge in [-0.15, -0.1) is 0 Å². The summed E-state index contributed by atoms with van der Waals surface area (Å²) >= 11 is 0. The minimum absolute atomic E-state index is 0.00297. The number of hydrogen-bond donors (Lipinski definition) is 5. The van der Waals surface area contributed by atoms with E-state index < -0.39 is 83.3 Å². The van der Waals surface area contributed by atoms with E-state index in [0.29, 0.717) is 28.0 Å². The molecule has 1 spiro atoms. The number of carbonyl (C=O) groups excluding carboxylic acids is 6. The molecule has 16 nitrogen and oxygen atoms in total. The van der Waals surface area contributed by atoms with Crippen molar-refractivity contribution >= 4 is 41.5 Å². The number of morpholine rings is 1. The highest BCUT2D eigenvalue weighted by molar-refractivity contribution is 6.25. The average Bonchev–Trinajstić information content (AvgIpc) is 3.73. The molecule has 0 saturated carbocycles. The molecule has 320 valence electrons. The number of imide groups is 1. The first kappa shape index (κ1) is 42.9. The highest BCUT2D eigenvalue weighted by Gasteiger charge is 2.75. The molecule has 6 amide bonds. The lowest BCUT2D eigenvalue weighted by molar-refractivity contribution is -0.178. The molecule has 7 rings (SSSR count). The number of nitrogens with two attached hydrogens (primary N) is 2. The Morgan fingerprint density at radius 2 is 1.55 bits per heavy atom. The molecule has 0 aromatic heterocycles. The number of nitrogens with zero attached hydrogens (tertiary/aromatic N) is 2. The van der Waals surface area contributed by atoms with Gasteiger partial charge in [0.15, 0.2) is 0 Å². The molecule has 0 aliphatic carbocycles. The second-order valence-electron chi connectivity index (χ2n) is 15.4. The third-order valence-electron chi connectivity index (χ3n) is 11.5. The number of cyclic esters (lactones) is 1. The smallest absolute Gasteiger partial charge is 0.329 e. The van der Waals surface area contributed by atoms with Crippen molar-refractivity contribution in [1.29, 1.82) is 0 Å². The molecule has 2 saturated heterocycles. The summed E-state index contributed by atoms with van der Waals surface area (Å²) in [6.07, 6.45) is -0.960. The van der Waals surface area contributed by atoms with Gasteiger partial charge in [0, 0.05) is 5.56 Å². The molecule has 0 bridgehead atoms. The molecule has 2 fully saturated rings. The first-order chi connectivity index (χ1) is 29.8. The van der Waals surface area contributed by atoms with Crippen molar-refractivity contribution in [3.05, 3.63) is 131 Å². The van der Waals surface area contributed by atoms with E-state index in [2.05, 4.69) is 22.5 Å². The molecule has 62 heavy (non-hydrogen) atoms. The zero-order valence-electron chi connectivity index (χ0n) is 34.1. The molecular weight excluding hydrogens is 797 g/mol. The van der Waals surface area contributed by atoms with Crippen molar-refractivity contribution in [3.8, 4) is 17.6 Å². The molecule has 3 aliphatic heterocycles. The monoisotopic (exact) mass is 842 g/mol. The van der Waals surface area contributed by atoms with E-state index in [4.69, 9.17) is 25.7 Å². The van der Waals surface area contributed by atoms with E-state index in [0.717, 1.165) is 4.90 Å². The Morgan fingerprint density at radius 3 is 2.15 bits per heavy atom. The number of amides is 6. The number of urea groups is 2. The molecule has 0 unspecified atom stereocenters. The molecule has 3 heterocycles. The number of aliphatic hydroxyl groups excluding tert-OH is 1. The van der Waals surface area contributed by atoms with Crippen LogP contribution in [0.4, 0.5) is 15.3 Å². The number of carbonyl (C=O) groups is 6. The fourth-order valence-electron chi connectivity index (χ4n) is 9.03. The van der Waals surface area contributed by atoms with Crippen LogP contribution >= 0.6 is 0 Å². The van der Waals surface area contributed by atoms with Gasteiger partial charge < -0.3 is 41.4 Å². The maximum atomic E-state index is 16.0. The first-order valence-corrected chi connectivity index (χ1v) is 19.9. The molecule has 16 heteroatoms. The Kier molecular flexibility index (Phi) is 12.3. The number of anilines is 1. The van der Waals surface area contributed by atoms with Crippen molar-refractivity contribution in [2.45, 2.75) is 49.5 Å². The molecule has 7 N–H and O–H groups in total. The van der Waals surface area contributed by atoms with Crippen molar-refractivity contribution in [2.75, 3.05) is 31.8 Å². The number of ether oxygens (including phenoxy) is 3. The van der Waals surface area contributed by atoms with Crippen molar-refractivity contribution < 1.29 is 48.1 Å². The average molecular weight is 843 g/mol. The Labute approximate surface area is 357 Å². The molecule has 7 atom stereocenters. The molecule has 3 aliphatic rings. The van der Waals surface area contributed by atoms with Crippen LogP contribution in [0.25, 0.3) is 0 Å². The number of fused-ring (bicyclic) bond motifs is 3. The van der Waals surface area contributed by atoms with Crippen LogP contribution < -0.4 is 31.7 Å². The summed E-state index contributed by atoms with van der Waals surface area (Å²) < 4.78 is 17.0. The molecule has 4 aromatic carbocycles. The first-order valence-electron chi connectivity index (χ1n) is 19.9. The topological polar surface area (TPSA) is 233 Å². The summed E-state index contributed by atoms with van der Waals surface area (Å²) in [5, 5.41) is 14.5. The lowest BCUT2D eigenvalue weighted by atomic mass is 9.65. The summed E-state index contributed by atoms with van der Waals surface area (Å²) in [6, 6.07) is 23.1. The zero-order chi connectivity index (χ0) is 44.3. The fraction of sp³-hybridized carbons (Fsp3) is 0.304. The van der Waals surface area contributed by atoms with E-state index in [-0.39, 0.29) is 31.0 Å². The van der Waals surface area contributed by atoms with E-state index in [9.17, 15) is 29.1 Å². The summed E-state index contributed by atoms with van der Waals surface area (Å²) in [5.41, 5.74) is 11.8. The second-order valence-corrected chi connectivity index (χ2v) is 15.4. The van der Waals surface area contributed by atoms with Crippen LogP contribution in [-0.4, -0.2) is 84.8 Å². The minimum Gasteiger partial charge on any atom is -0.491 e. The normalized spacial score (nSPS) is 23.0. The van der Waals surface area contributed by atoms with Gasteiger partial charge >= 0.3 is 24.0 Å². The molecule has 4 aromatic rings. The van der Waals surface area contributed by atoms with Crippen LogP contribution in [0.1, 0.15) is 59.9 Å². The second kappa shape index (κ2) is 17.8. The Morgan fingerprint density at radius 1 is 0.887 bits per heavy atom. The highest BCUT2D eigenvalue weighted by atomic mass is 16.6. The SMILES string of the molecule is COC(=O)[C@@H](NC(=O)N1C(=O)[C@@]2(c3cc(C#CCNC(N)=O)ccc31)[C@H](C(N)=O)[C@H]1C(=O)O[C@H](c3ccccc3)[C@H](c3ccccc3)N1[C@@H]2c1ccc(OCCO)cc1)C(C)C. The Bertz CT molecular complexity index is 2440.